The van der Waals surface area contributed by atoms with E-state index in [2.05, 4.69) is 120 Å². The Bertz CT molecular complexity index is 1750. The van der Waals surface area contributed by atoms with E-state index in [-0.39, 0.29) is 16.7 Å². The van der Waals surface area contributed by atoms with E-state index >= 15 is 0 Å². The van der Waals surface area contributed by atoms with E-state index in [0.717, 1.165) is 42.8 Å². The quantitative estimate of drug-likeness (QED) is 0.0731. The molecule has 2 aromatic carbocycles. The molecule has 0 radical (unpaired) electrons. The molecule has 0 bridgehead atoms. The number of hydrogen-bond acceptors (Lipinski definition) is 4. The fraction of sp³-hybridized carbons (Fsp3) is 0.371. The predicted molar refractivity (Wildman–Crippen MR) is 199 cm³/mol. The van der Waals surface area contributed by atoms with Gasteiger partial charge in [0.15, 0.2) is 5.71 Å². The molecule has 0 aliphatic carbocycles. The molecular formula is C35H41I2N2O5S+. The first kappa shape index (κ1) is 35.6. The summed E-state index contributed by atoms with van der Waals surface area (Å²) in [4.78, 5) is 13.0. The molecule has 0 aromatic heterocycles. The van der Waals surface area contributed by atoms with Gasteiger partial charge in [0.25, 0.3) is 10.1 Å². The van der Waals surface area contributed by atoms with Crippen LogP contribution in [0.1, 0.15) is 70.9 Å². The van der Waals surface area contributed by atoms with Crippen molar-refractivity contribution in [3.63, 3.8) is 0 Å². The standard InChI is InChI=1S/C35H40I2N2O5S/c1-34(2)26-23-25(45(42,43)44)18-19-28(26)39(20-14-10-9-13-17-32(40)41)31(34)16-12-8-6-7-11-15-30-35(3,4)33-27(37)21-24(36)22-29(33)38(30)5/h6-8,11-12,15-16,18-19,21-23H,9-10,13-14,17,20H2,1-5H3,(H-,40,41,42,43,44)/p+1. The minimum Gasteiger partial charge on any atom is -0.481 e. The number of carbonyl (C=O) groups is 1. The number of aliphatic carboxylic acids is 1. The first-order valence-corrected chi connectivity index (χ1v) is 18.6. The molecule has 2 aromatic rings. The number of unbranched alkanes of at least 4 members (excludes halogenated alkanes) is 3. The topological polar surface area (TPSA) is 97.9 Å². The van der Waals surface area contributed by atoms with Crippen LogP contribution in [0.15, 0.2) is 83.5 Å². The van der Waals surface area contributed by atoms with Crippen LogP contribution < -0.4 is 4.90 Å². The average molecular weight is 856 g/mol. The van der Waals surface area contributed by atoms with Crippen LogP contribution in [0.5, 0.6) is 0 Å². The van der Waals surface area contributed by atoms with Crippen LogP contribution in [0.25, 0.3) is 0 Å². The molecule has 0 atom stereocenters. The number of rotatable bonds is 12. The molecule has 0 saturated carbocycles. The lowest BCUT2D eigenvalue weighted by Gasteiger charge is -2.24. The largest absolute Gasteiger partial charge is 0.481 e. The van der Waals surface area contributed by atoms with Crippen molar-refractivity contribution in [3.05, 3.63) is 96.8 Å². The summed E-state index contributed by atoms with van der Waals surface area (Å²) in [7, 11) is -2.21. The summed E-state index contributed by atoms with van der Waals surface area (Å²) < 4.78 is 38.2. The maximum atomic E-state index is 11.9. The highest BCUT2D eigenvalue weighted by molar-refractivity contribution is 14.1. The highest BCUT2D eigenvalue weighted by Gasteiger charge is 2.45. The summed E-state index contributed by atoms with van der Waals surface area (Å²) in [5.74, 6) is -0.773. The van der Waals surface area contributed by atoms with Gasteiger partial charge in [-0.25, -0.2) is 0 Å². The van der Waals surface area contributed by atoms with Gasteiger partial charge in [0.2, 0.25) is 5.69 Å². The van der Waals surface area contributed by atoms with E-state index in [1.807, 2.05) is 24.3 Å². The van der Waals surface area contributed by atoms with Crippen LogP contribution in [0.4, 0.5) is 11.4 Å². The summed E-state index contributed by atoms with van der Waals surface area (Å²) in [5.41, 5.74) is 6.04. The Balaban J connectivity index is 1.53. The molecular weight excluding hydrogens is 814 g/mol. The fourth-order valence-corrected chi connectivity index (χ4v) is 9.38. The van der Waals surface area contributed by atoms with E-state index in [1.54, 1.807) is 12.1 Å². The second-order valence-corrected chi connectivity index (χ2v) is 16.3. The van der Waals surface area contributed by atoms with Gasteiger partial charge in [-0.3, -0.25) is 9.35 Å². The molecule has 2 N–H and O–H groups in total. The van der Waals surface area contributed by atoms with Crippen LogP contribution >= 0.6 is 45.2 Å². The number of benzene rings is 2. The lowest BCUT2D eigenvalue weighted by Crippen LogP contribution is -2.28. The van der Waals surface area contributed by atoms with Crippen molar-refractivity contribution in [2.75, 3.05) is 18.5 Å². The van der Waals surface area contributed by atoms with E-state index in [9.17, 15) is 17.8 Å². The van der Waals surface area contributed by atoms with Gasteiger partial charge in [-0.1, -0.05) is 50.6 Å². The number of carboxylic acids is 1. The predicted octanol–water partition coefficient (Wildman–Crippen LogP) is 8.53. The van der Waals surface area contributed by atoms with Crippen molar-refractivity contribution < 1.29 is 27.4 Å². The molecule has 0 spiro atoms. The number of fused-ring (bicyclic) bond motifs is 2. The number of carboxylic acid groups (broad SMARTS) is 1. The van der Waals surface area contributed by atoms with Crippen LogP contribution in [-0.2, 0) is 25.7 Å². The highest BCUT2D eigenvalue weighted by Crippen LogP contribution is 2.49. The van der Waals surface area contributed by atoms with Crippen LogP contribution in [0.3, 0.4) is 0 Å². The molecule has 0 fully saturated rings. The monoisotopic (exact) mass is 855 g/mol. The number of anilines is 1. The van der Waals surface area contributed by atoms with E-state index in [4.69, 9.17) is 5.11 Å². The van der Waals surface area contributed by atoms with Gasteiger partial charge >= 0.3 is 5.97 Å². The smallest absolute Gasteiger partial charge is 0.303 e. The van der Waals surface area contributed by atoms with Crippen molar-refractivity contribution in [1.82, 2.24) is 0 Å². The first-order valence-electron chi connectivity index (χ1n) is 15.0. The Morgan fingerprint density at radius 2 is 1.60 bits per heavy atom. The Hall–Kier alpha value is -2.29. The zero-order chi connectivity index (χ0) is 33.2. The van der Waals surface area contributed by atoms with E-state index in [1.165, 1.54) is 30.2 Å². The normalized spacial score (nSPS) is 18.2. The Morgan fingerprint density at radius 1 is 0.933 bits per heavy atom. The van der Waals surface area contributed by atoms with Crippen molar-refractivity contribution in [3.8, 4) is 0 Å². The second kappa shape index (κ2) is 14.2. The first-order chi connectivity index (χ1) is 21.1. The van der Waals surface area contributed by atoms with Gasteiger partial charge in [0.05, 0.1) is 10.3 Å². The molecule has 240 valence electrons. The third-order valence-electron chi connectivity index (χ3n) is 8.66. The number of allylic oxidation sites excluding steroid dienone is 8. The zero-order valence-corrected chi connectivity index (χ0v) is 31.5. The molecule has 2 aliphatic rings. The van der Waals surface area contributed by atoms with Gasteiger partial charge in [0.1, 0.15) is 6.54 Å². The lowest BCUT2D eigenvalue weighted by molar-refractivity contribution is -0.438. The van der Waals surface area contributed by atoms with E-state index in [0.29, 0.717) is 6.42 Å². The maximum Gasteiger partial charge on any atom is 0.303 e. The van der Waals surface area contributed by atoms with Gasteiger partial charge in [-0.2, -0.15) is 13.0 Å². The molecule has 2 heterocycles. The molecule has 0 unspecified atom stereocenters. The van der Waals surface area contributed by atoms with Gasteiger partial charge < -0.3 is 10.0 Å². The van der Waals surface area contributed by atoms with Gasteiger partial charge in [-0.15, -0.1) is 0 Å². The third kappa shape index (κ3) is 7.82. The summed E-state index contributed by atoms with van der Waals surface area (Å²) in [5, 5.41) is 8.91. The van der Waals surface area contributed by atoms with Crippen molar-refractivity contribution >= 4 is 78.4 Å². The average Bonchev–Trinajstić information content (AvgIpc) is 3.27. The van der Waals surface area contributed by atoms with E-state index < -0.39 is 21.5 Å². The Labute approximate surface area is 294 Å². The van der Waals surface area contributed by atoms with Gasteiger partial charge in [0, 0.05) is 67.1 Å². The molecule has 0 amide bonds. The maximum absolute atomic E-state index is 11.9. The second-order valence-electron chi connectivity index (χ2n) is 12.5. The molecule has 10 heteroatoms. The van der Waals surface area contributed by atoms with Crippen molar-refractivity contribution in [2.24, 2.45) is 0 Å². The fourth-order valence-electron chi connectivity index (χ4n) is 6.38. The lowest BCUT2D eigenvalue weighted by atomic mass is 9.81. The molecule has 45 heavy (non-hydrogen) atoms. The molecule has 7 nitrogen and oxygen atoms in total. The SMILES string of the molecule is CN1\C(=C/C=C/C=C/C=C/C2=[N+](CCCCCCC(=O)O)c3ccc(S(=O)(=O)O)cc3C2(C)C)C(C)(C)c2c(I)cc(I)cc21. The molecule has 2 aliphatic heterocycles. The number of halogens is 2. The summed E-state index contributed by atoms with van der Waals surface area (Å²) in [6.45, 7) is 9.36. The van der Waals surface area contributed by atoms with Crippen molar-refractivity contribution in [1.29, 1.82) is 0 Å². The minimum atomic E-state index is -4.33. The van der Waals surface area contributed by atoms with Crippen LogP contribution in [-0.4, -0.2) is 47.9 Å². The van der Waals surface area contributed by atoms with Crippen molar-refractivity contribution in [2.45, 2.75) is 75.5 Å². The minimum absolute atomic E-state index is 0.104. The third-order valence-corrected chi connectivity index (χ3v) is 11.0. The zero-order valence-electron chi connectivity index (χ0n) is 26.3. The molecule has 0 saturated heterocycles. The summed E-state index contributed by atoms with van der Waals surface area (Å²) in [6.07, 6.45) is 17.7. The number of nitrogens with zero attached hydrogens (tertiary/aromatic N) is 2. The Morgan fingerprint density at radius 3 is 2.29 bits per heavy atom. The van der Waals surface area contributed by atoms with Crippen LogP contribution in [0.2, 0.25) is 0 Å². The highest BCUT2D eigenvalue weighted by atomic mass is 127. The van der Waals surface area contributed by atoms with Gasteiger partial charge in [-0.05, 0) is 102 Å². The Kier molecular flexibility index (Phi) is 11.2. The summed E-state index contributed by atoms with van der Waals surface area (Å²) >= 11 is 4.81. The summed E-state index contributed by atoms with van der Waals surface area (Å²) in [6, 6.07) is 9.24. The van der Waals surface area contributed by atoms with Crippen LogP contribution in [0, 0.1) is 7.14 Å². The number of hydrogen-bond donors (Lipinski definition) is 2. The molecule has 4 rings (SSSR count). The number of likely N-dealkylation sites (N-methyl/N-ethyl adjacent to an activating group) is 1.